The van der Waals surface area contributed by atoms with Crippen molar-refractivity contribution in [3.63, 3.8) is 0 Å². The molecule has 2 atom stereocenters. The molecule has 1 aliphatic heterocycles. The van der Waals surface area contributed by atoms with Gasteiger partial charge in [0.25, 0.3) is 0 Å². The molecule has 1 aliphatic rings. The molecule has 0 spiro atoms. The molecule has 2 rings (SSSR count). The Kier molecular flexibility index (Phi) is 4.34. The first-order chi connectivity index (χ1) is 10.1. The van der Waals surface area contributed by atoms with E-state index in [0.717, 1.165) is 15.4 Å². The Bertz CT molecular complexity index is 700. The minimum Gasteiger partial charge on any atom is -0.480 e. The highest BCUT2D eigenvalue weighted by Gasteiger charge is 2.44. The number of carbonyl (C=O) groups is 1. The van der Waals surface area contributed by atoms with Crippen LogP contribution in [0, 0.1) is 27.7 Å². The lowest BCUT2D eigenvalue weighted by atomic mass is 10.0. The number of aliphatic hydroxyl groups excluding tert-OH is 1. The van der Waals surface area contributed by atoms with Crippen LogP contribution < -0.4 is 0 Å². The van der Waals surface area contributed by atoms with Crippen molar-refractivity contribution in [1.82, 2.24) is 4.31 Å². The molecule has 0 aromatic heterocycles. The zero-order valence-electron chi connectivity index (χ0n) is 13.1. The highest BCUT2D eigenvalue weighted by molar-refractivity contribution is 7.89. The molecular weight excluding hydrogens is 306 g/mol. The molecule has 0 radical (unpaired) electrons. The van der Waals surface area contributed by atoms with Crippen LogP contribution in [0.2, 0.25) is 0 Å². The monoisotopic (exact) mass is 327 g/mol. The van der Waals surface area contributed by atoms with E-state index in [2.05, 4.69) is 0 Å². The second-order valence-corrected chi connectivity index (χ2v) is 7.74. The Morgan fingerprint density at radius 2 is 1.68 bits per heavy atom. The largest absolute Gasteiger partial charge is 0.480 e. The number of rotatable bonds is 3. The third-order valence-electron chi connectivity index (χ3n) is 4.38. The van der Waals surface area contributed by atoms with Crippen LogP contribution in [-0.4, -0.2) is 47.6 Å². The first-order valence-electron chi connectivity index (χ1n) is 7.07. The Morgan fingerprint density at radius 3 is 2.14 bits per heavy atom. The van der Waals surface area contributed by atoms with Gasteiger partial charge in [-0.05, 0) is 49.9 Å². The van der Waals surface area contributed by atoms with Crippen molar-refractivity contribution in [2.45, 2.75) is 51.2 Å². The van der Waals surface area contributed by atoms with Crippen molar-refractivity contribution in [3.05, 3.63) is 28.3 Å². The molecule has 2 N–H and O–H groups in total. The first kappa shape index (κ1) is 16.9. The van der Waals surface area contributed by atoms with Gasteiger partial charge >= 0.3 is 5.97 Å². The molecule has 0 amide bonds. The molecule has 0 unspecified atom stereocenters. The zero-order valence-corrected chi connectivity index (χ0v) is 13.9. The van der Waals surface area contributed by atoms with Gasteiger partial charge in [0.1, 0.15) is 6.04 Å². The average molecular weight is 327 g/mol. The van der Waals surface area contributed by atoms with Crippen LogP contribution >= 0.6 is 0 Å². The van der Waals surface area contributed by atoms with Gasteiger partial charge in [0.15, 0.2) is 0 Å². The van der Waals surface area contributed by atoms with Crippen molar-refractivity contribution < 1.29 is 23.4 Å². The quantitative estimate of drug-likeness (QED) is 0.868. The Labute approximate surface area is 130 Å². The second kappa shape index (κ2) is 5.64. The van der Waals surface area contributed by atoms with Gasteiger partial charge in [-0.1, -0.05) is 6.07 Å². The average Bonchev–Trinajstić information content (AvgIpc) is 2.79. The fourth-order valence-corrected chi connectivity index (χ4v) is 5.17. The molecule has 0 bridgehead atoms. The summed E-state index contributed by atoms with van der Waals surface area (Å²) < 4.78 is 26.9. The van der Waals surface area contributed by atoms with Gasteiger partial charge in [0.05, 0.1) is 11.0 Å². The summed E-state index contributed by atoms with van der Waals surface area (Å²) in [5, 5.41) is 18.9. The number of hydrogen-bond acceptors (Lipinski definition) is 4. The van der Waals surface area contributed by atoms with Gasteiger partial charge < -0.3 is 10.2 Å². The van der Waals surface area contributed by atoms with Crippen LogP contribution in [0.3, 0.4) is 0 Å². The first-order valence-corrected chi connectivity index (χ1v) is 8.51. The minimum absolute atomic E-state index is 0.0859. The summed E-state index contributed by atoms with van der Waals surface area (Å²) in [6, 6.07) is 0.691. The van der Waals surface area contributed by atoms with E-state index in [1.165, 1.54) is 0 Å². The maximum absolute atomic E-state index is 13.0. The van der Waals surface area contributed by atoms with Crippen molar-refractivity contribution in [1.29, 1.82) is 0 Å². The summed E-state index contributed by atoms with van der Waals surface area (Å²) in [7, 11) is -3.98. The third kappa shape index (κ3) is 2.64. The van der Waals surface area contributed by atoms with Crippen LogP contribution in [0.1, 0.15) is 28.7 Å². The fraction of sp³-hybridized carbons (Fsp3) is 0.533. The van der Waals surface area contributed by atoms with E-state index in [4.69, 9.17) is 0 Å². The van der Waals surface area contributed by atoms with E-state index in [-0.39, 0.29) is 17.9 Å². The van der Waals surface area contributed by atoms with Crippen molar-refractivity contribution in [2.75, 3.05) is 6.54 Å². The van der Waals surface area contributed by atoms with Crippen LogP contribution in [0.5, 0.6) is 0 Å². The normalized spacial score (nSPS) is 23.0. The summed E-state index contributed by atoms with van der Waals surface area (Å²) in [4.78, 5) is 11.5. The van der Waals surface area contributed by atoms with Crippen molar-refractivity contribution >= 4 is 16.0 Å². The molecule has 0 saturated carbocycles. The smallest absolute Gasteiger partial charge is 0.322 e. The predicted octanol–water partition coefficient (Wildman–Crippen LogP) is 1.13. The number of carboxylic acid groups (broad SMARTS) is 1. The number of β-amino-alcohol motifs (C(OH)–C–C–N with tert-alkyl or cyclic N) is 1. The van der Waals surface area contributed by atoms with Gasteiger partial charge in [-0.25, -0.2) is 8.42 Å². The molecule has 6 nitrogen and oxygen atoms in total. The van der Waals surface area contributed by atoms with Gasteiger partial charge in [-0.2, -0.15) is 4.31 Å². The highest BCUT2D eigenvalue weighted by Crippen LogP contribution is 2.32. The number of benzene rings is 1. The molecule has 122 valence electrons. The topological polar surface area (TPSA) is 94.9 Å². The Hall–Kier alpha value is -1.44. The molecule has 7 heteroatoms. The number of hydrogen-bond donors (Lipinski definition) is 2. The Balaban J connectivity index is 2.63. The Morgan fingerprint density at radius 1 is 1.18 bits per heavy atom. The van der Waals surface area contributed by atoms with Gasteiger partial charge in [0.2, 0.25) is 10.0 Å². The molecule has 0 aliphatic carbocycles. The number of aliphatic carboxylic acids is 1. The molecule has 1 saturated heterocycles. The molecule has 1 fully saturated rings. The SMILES string of the molecule is Cc1cc(C)c(C)c(S(=O)(=O)N2C[C@H](O)C[C@H]2C(=O)O)c1C. The lowest BCUT2D eigenvalue weighted by Gasteiger charge is -2.24. The molecular formula is C15H21NO5S. The summed E-state index contributed by atoms with van der Waals surface area (Å²) in [5.74, 6) is -1.24. The van der Waals surface area contributed by atoms with Crippen LogP contribution in [0.15, 0.2) is 11.0 Å². The molecule has 1 aromatic carbocycles. The highest BCUT2D eigenvalue weighted by atomic mass is 32.2. The maximum Gasteiger partial charge on any atom is 0.322 e. The summed E-state index contributed by atoms with van der Waals surface area (Å²) in [6.45, 7) is 6.90. The zero-order chi connectivity index (χ0) is 16.8. The summed E-state index contributed by atoms with van der Waals surface area (Å²) in [6.07, 6.45) is -1.04. The summed E-state index contributed by atoms with van der Waals surface area (Å²) in [5.41, 5.74) is 2.92. The van der Waals surface area contributed by atoms with E-state index in [9.17, 15) is 23.4 Å². The fourth-order valence-electron chi connectivity index (χ4n) is 2.96. The van der Waals surface area contributed by atoms with Crippen LogP contribution in [0.25, 0.3) is 0 Å². The van der Waals surface area contributed by atoms with Crippen molar-refractivity contribution in [3.8, 4) is 0 Å². The van der Waals surface area contributed by atoms with E-state index < -0.39 is 28.1 Å². The number of aryl methyl sites for hydroxylation is 2. The lowest BCUT2D eigenvalue weighted by Crippen LogP contribution is -2.41. The number of carboxylic acids is 1. The van der Waals surface area contributed by atoms with Gasteiger partial charge in [0, 0.05) is 13.0 Å². The van der Waals surface area contributed by atoms with E-state index in [0.29, 0.717) is 11.1 Å². The van der Waals surface area contributed by atoms with Gasteiger partial charge in [-0.15, -0.1) is 0 Å². The second-order valence-electron chi connectivity index (χ2n) is 5.91. The third-order valence-corrected chi connectivity index (χ3v) is 6.53. The van der Waals surface area contributed by atoms with E-state index in [1.54, 1.807) is 13.8 Å². The van der Waals surface area contributed by atoms with E-state index >= 15 is 0 Å². The molecule has 1 heterocycles. The van der Waals surface area contributed by atoms with Crippen LogP contribution in [0.4, 0.5) is 0 Å². The minimum atomic E-state index is -3.98. The molecule has 1 aromatic rings. The standard InChI is InChI=1S/C15H21NO5S/c1-8-5-9(2)11(4)14(10(8)3)22(20,21)16-7-12(17)6-13(16)15(18)19/h5,12-13,17H,6-7H2,1-4H3,(H,18,19)/t12-,13+/m1/s1. The predicted molar refractivity (Wildman–Crippen MR) is 81.3 cm³/mol. The number of sulfonamides is 1. The number of nitrogens with zero attached hydrogens (tertiary/aromatic N) is 1. The lowest BCUT2D eigenvalue weighted by molar-refractivity contribution is -0.140. The number of aliphatic hydroxyl groups is 1. The maximum atomic E-state index is 13.0. The van der Waals surface area contributed by atoms with E-state index in [1.807, 2.05) is 19.9 Å². The molecule has 22 heavy (non-hydrogen) atoms. The van der Waals surface area contributed by atoms with Crippen molar-refractivity contribution in [2.24, 2.45) is 0 Å². The summed E-state index contributed by atoms with van der Waals surface area (Å²) >= 11 is 0. The van der Waals surface area contributed by atoms with Crippen LogP contribution in [-0.2, 0) is 14.8 Å². The van der Waals surface area contributed by atoms with Gasteiger partial charge in [-0.3, -0.25) is 4.79 Å².